The summed E-state index contributed by atoms with van der Waals surface area (Å²) in [5.74, 6) is 0.872. The zero-order valence-electron chi connectivity index (χ0n) is 13.3. The summed E-state index contributed by atoms with van der Waals surface area (Å²) in [7, 11) is 0. The average molecular weight is 312 g/mol. The third kappa shape index (κ3) is 3.64. The summed E-state index contributed by atoms with van der Waals surface area (Å²) in [5.41, 5.74) is 1.28. The lowest BCUT2D eigenvalue weighted by Crippen LogP contribution is -2.36. The van der Waals surface area contributed by atoms with Crippen molar-refractivity contribution in [1.82, 2.24) is 20.3 Å². The lowest BCUT2D eigenvalue weighted by Gasteiger charge is -2.13. The zero-order valence-corrected chi connectivity index (χ0v) is 13.3. The van der Waals surface area contributed by atoms with Crippen molar-refractivity contribution in [2.75, 3.05) is 0 Å². The number of nitrogens with zero attached hydrogens (tertiary/aromatic N) is 2. The van der Waals surface area contributed by atoms with E-state index in [-0.39, 0.29) is 23.9 Å². The summed E-state index contributed by atoms with van der Waals surface area (Å²) in [4.78, 5) is 35.7. The third-order valence-corrected chi connectivity index (χ3v) is 4.18. The topological polar surface area (TPSA) is 87.7 Å². The molecule has 1 aliphatic rings. The smallest absolute Gasteiger partial charge is 0.255 e. The van der Waals surface area contributed by atoms with Crippen molar-refractivity contribution in [1.29, 1.82) is 0 Å². The van der Waals surface area contributed by atoms with Gasteiger partial charge in [-0.2, -0.15) is 0 Å². The number of nitrogens with one attached hydrogen (secondary N) is 2. The first-order valence-electron chi connectivity index (χ1n) is 7.85. The van der Waals surface area contributed by atoms with E-state index in [0.717, 1.165) is 0 Å². The molecule has 6 heteroatoms. The predicted octanol–water partition coefficient (Wildman–Crippen LogP) is 1.60. The first kappa shape index (κ1) is 15.4. The van der Waals surface area contributed by atoms with Crippen molar-refractivity contribution in [3.8, 4) is 11.5 Å². The van der Waals surface area contributed by atoms with Gasteiger partial charge in [0.2, 0.25) is 5.91 Å². The molecule has 3 rings (SSSR count). The number of hydrogen-bond donors (Lipinski definition) is 2. The molecule has 1 fully saturated rings. The number of aryl methyl sites for hydroxylation is 1. The maximum Gasteiger partial charge on any atom is 0.255 e. The minimum Gasteiger partial charge on any atom is -0.353 e. The summed E-state index contributed by atoms with van der Waals surface area (Å²) in [6.45, 7) is 3.75. The maximum absolute atomic E-state index is 12.3. The molecule has 1 amide bonds. The Balaban J connectivity index is 1.78. The molecule has 0 radical (unpaired) electrons. The summed E-state index contributed by atoms with van der Waals surface area (Å²) in [5, 5.41) is 2.96. The standard InChI is InChI=1S/C17H20N4O2/c1-10(12-6-7-12)19-15(22)9-13-11(2)20-16(21-17(13)23)14-5-3-4-8-18-14/h3-5,8,10,12H,6-7,9H2,1-2H3,(H,19,22)(H,20,21,23)/t10-/m0/s1. The van der Waals surface area contributed by atoms with E-state index >= 15 is 0 Å². The number of carbonyl (C=O) groups excluding carboxylic acids is 1. The van der Waals surface area contributed by atoms with Gasteiger partial charge >= 0.3 is 0 Å². The lowest BCUT2D eigenvalue weighted by atomic mass is 10.1. The molecule has 120 valence electrons. The van der Waals surface area contributed by atoms with Crippen molar-refractivity contribution < 1.29 is 4.79 Å². The number of aromatic amines is 1. The first-order chi connectivity index (χ1) is 11.0. The number of amides is 1. The lowest BCUT2D eigenvalue weighted by molar-refractivity contribution is -0.121. The van der Waals surface area contributed by atoms with Crippen molar-refractivity contribution in [3.05, 3.63) is 46.0 Å². The van der Waals surface area contributed by atoms with Crippen LogP contribution in [0.1, 0.15) is 31.0 Å². The molecule has 1 atom stereocenters. The Kier molecular flexibility index (Phi) is 4.23. The van der Waals surface area contributed by atoms with Crippen molar-refractivity contribution in [2.24, 2.45) is 5.92 Å². The van der Waals surface area contributed by atoms with Crippen LogP contribution in [0.15, 0.2) is 29.2 Å². The monoisotopic (exact) mass is 312 g/mol. The molecule has 2 heterocycles. The van der Waals surface area contributed by atoms with Gasteiger partial charge in [-0.15, -0.1) is 0 Å². The van der Waals surface area contributed by atoms with Crippen LogP contribution in [0.4, 0.5) is 0 Å². The SMILES string of the molecule is Cc1nc(-c2ccccn2)[nH]c(=O)c1CC(=O)N[C@@H](C)C1CC1. The molecule has 0 spiro atoms. The van der Waals surface area contributed by atoms with E-state index in [1.165, 1.54) is 12.8 Å². The van der Waals surface area contributed by atoms with Crippen LogP contribution in [0.25, 0.3) is 11.5 Å². The number of pyridine rings is 1. The van der Waals surface area contributed by atoms with E-state index in [1.54, 1.807) is 25.3 Å². The highest BCUT2D eigenvalue weighted by Gasteiger charge is 2.29. The predicted molar refractivity (Wildman–Crippen MR) is 86.9 cm³/mol. The molecule has 2 aromatic heterocycles. The van der Waals surface area contributed by atoms with Crippen LogP contribution in [-0.4, -0.2) is 26.9 Å². The van der Waals surface area contributed by atoms with Gasteiger partial charge in [0.1, 0.15) is 5.69 Å². The van der Waals surface area contributed by atoms with Crippen LogP contribution in [0, 0.1) is 12.8 Å². The molecule has 2 aromatic rings. The molecule has 0 bridgehead atoms. The minimum atomic E-state index is -0.285. The summed E-state index contributed by atoms with van der Waals surface area (Å²) >= 11 is 0. The van der Waals surface area contributed by atoms with Crippen LogP contribution in [-0.2, 0) is 11.2 Å². The van der Waals surface area contributed by atoms with Crippen molar-refractivity contribution in [2.45, 2.75) is 39.2 Å². The van der Waals surface area contributed by atoms with E-state index < -0.39 is 0 Å². The summed E-state index contributed by atoms with van der Waals surface area (Å²) in [6, 6.07) is 5.58. The molecule has 0 aromatic carbocycles. The Morgan fingerprint density at radius 1 is 1.43 bits per heavy atom. The quantitative estimate of drug-likeness (QED) is 0.878. The van der Waals surface area contributed by atoms with Gasteiger partial charge in [-0.1, -0.05) is 6.07 Å². The van der Waals surface area contributed by atoms with Crippen LogP contribution in [0.2, 0.25) is 0 Å². The number of H-pyrrole nitrogens is 1. The van der Waals surface area contributed by atoms with E-state index in [4.69, 9.17) is 0 Å². The molecule has 1 saturated carbocycles. The van der Waals surface area contributed by atoms with Gasteiger partial charge in [0.05, 0.1) is 6.42 Å². The van der Waals surface area contributed by atoms with Crippen molar-refractivity contribution in [3.63, 3.8) is 0 Å². The van der Waals surface area contributed by atoms with Gasteiger partial charge in [-0.3, -0.25) is 14.6 Å². The fourth-order valence-electron chi connectivity index (χ4n) is 2.62. The molecule has 0 aliphatic heterocycles. The molecular formula is C17H20N4O2. The van der Waals surface area contributed by atoms with Crippen LogP contribution in [0.5, 0.6) is 0 Å². The largest absolute Gasteiger partial charge is 0.353 e. The molecule has 6 nitrogen and oxygen atoms in total. The number of aromatic nitrogens is 3. The van der Waals surface area contributed by atoms with Gasteiger partial charge < -0.3 is 10.3 Å². The fourth-order valence-corrected chi connectivity index (χ4v) is 2.62. The molecular weight excluding hydrogens is 292 g/mol. The van der Waals surface area contributed by atoms with Gasteiger partial charge in [-0.05, 0) is 44.7 Å². The Morgan fingerprint density at radius 3 is 2.83 bits per heavy atom. The molecule has 2 N–H and O–H groups in total. The molecule has 0 saturated heterocycles. The highest BCUT2D eigenvalue weighted by Crippen LogP contribution is 2.32. The summed E-state index contributed by atoms with van der Waals surface area (Å²) in [6.07, 6.45) is 4.03. The zero-order chi connectivity index (χ0) is 16.4. The summed E-state index contributed by atoms with van der Waals surface area (Å²) < 4.78 is 0. The highest BCUT2D eigenvalue weighted by atomic mass is 16.2. The number of hydrogen-bond acceptors (Lipinski definition) is 4. The van der Waals surface area contributed by atoms with Gasteiger partial charge in [0.15, 0.2) is 5.82 Å². The Bertz CT molecular complexity index is 766. The van der Waals surface area contributed by atoms with Crippen LogP contribution < -0.4 is 10.9 Å². The van der Waals surface area contributed by atoms with Crippen molar-refractivity contribution >= 4 is 5.91 Å². The number of carbonyl (C=O) groups is 1. The average Bonchev–Trinajstić information content (AvgIpc) is 3.36. The van der Waals surface area contributed by atoms with E-state index in [0.29, 0.717) is 28.7 Å². The second-order valence-electron chi connectivity index (χ2n) is 6.06. The van der Waals surface area contributed by atoms with Gasteiger partial charge in [-0.25, -0.2) is 4.98 Å². The van der Waals surface area contributed by atoms with Gasteiger partial charge in [0, 0.05) is 23.5 Å². The minimum absolute atomic E-state index is 0.0493. The third-order valence-electron chi connectivity index (χ3n) is 4.18. The van der Waals surface area contributed by atoms with Crippen LogP contribution >= 0.6 is 0 Å². The normalized spacial score (nSPS) is 15.2. The molecule has 1 aliphatic carbocycles. The second kappa shape index (κ2) is 6.32. The Morgan fingerprint density at radius 2 is 2.22 bits per heavy atom. The highest BCUT2D eigenvalue weighted by molar-refractivity contribution is 5.79. The van der Waals surface area contributed by atoms with E-state index in [2.05, 4.69) is 20.3 Å². The first-order valence-corrected chi connectivity index (χ1v) is 7.85. The number of rotatable bonds is 5. The molecule has 23 heavy (non-hydrogen) atoms. The maximum atomic E-state index is 12.3. The molecule has 0 unspecified atom stereocenters. The second-order valence-corrected chi connectivity index (χ2v) is 6.06. The van der Waals surface area contributed by atoms with Crippen LogP contribution in [0.3, 0.4) is 0 Å². The van der Waals surface area contributed by atoms with E-state index in [1.807, 2.05) is 13.0 Å². The fraction of sp³-hybridized carbons (Fsp3) is 0.412. The van der Waals surface area contributed by atoms with Gasteiger partial charge in [0.25, 0.3) is 5.56 Å². The Hall–Kier alpha value is -2.50. The Labute approximate surface area is 134 Å². The van der Waals surface area contributed by atoms with E-state index in [9.17, 15) is 9.59 Å².